The van der Waals surface area contributed by atoms with E-state index in [0.29, 0.717) is 53.5 Å². The summed E-state index contributed by atoms with van der Waals surface area (Å²) < 4.78 is 18.6. The van der Waals surface area contributed by atoms with Gasteiger partial charge in [0.2, 0.25) is 5.88 Å². The lowest BCUT2D eigenvalue weighted by atomic mass is 10.2. The summed E-state index contributed by atoms with van der Waals surface area (Å²) in [7, 11) is 0. The largest absolute Gasteiger partial charge is 0.486 e. The summed E-state index contributed by atoms with van der Waals surface area (Å²) in [6.07, 6.45) is 3.78. The van der Waals surface area contributed by atoms with Crippen molar-refractivity contribution in [2.75, 3.05) is 23.8 Å². The van der Waals surface area contributed by atoms with Crippen molar-refractivity contribution in [3.63, 3.8) is 0 Å². The Kier molecular flexibility index (Phi) is 5.27. The number of amides is 2. The number of carbonyl (C=O) groups excluding carboxylic acids is 1. The van der Waals surface area contributed by atoms with Crippen LogP contribution in [0.1, 0.15) is 0 Å². The lowest BCUT2D eigenvalue weighted by Crippen LogP contribution is -2.20. The van der Waals surface area contributed by atoms with Crippen molar-refractivity contribution < 1.29 is 19.0 Å². The quantitative estimate of drug-likeness (QED) is 0.485. The van der Waals surface area contributed by atoms with Gasteiger partial charge in [-0.05, 0) is 54.6 Å². The molecule has 0 fully saturated rings. The number of nitrogens with one attached hydrogen (secondary N) is 2. The van der Waals surface area contributed by atoms with Crippen molar-refractivity contribution in [2.24, 2.45) is 0 Å². The number of hydrogen-bond donors (Lipinski definition) is 2. The number of carbonyl (C=O) groups is 1. The van der Waals surface area contributed by atoms with Crippen LogP contribution in [-0.2, 0) is 0 Å². The van der Waals surface area contributed by atoms with Gasteiger partial charge in [-0.2, -0.15) is 0 Å². The maximum Gasteiger partial charge on any atom is 0.323 e. The van der Waals surface area contributed by atoms with Gasteiger partial charge in [-0.1, -0.05) is 0 Å². The second kappa shape index (κ2) is 8.68. The Balaban J connectivity index is 1.17. The fourth-order valence-corrected chi connectivity index (χ4v) is 3.13. The minimum atomic E-state index is -0.373. The third-order valence-electron chi connectivity index (χ3n) is 4.63. The van der Waals surface area contributed by atoms with Crippen LogP contribution in [0.3, 0.4) is 0 Å². The van der Waals surface area contributed by atoms with E-state index in [2.05, 4.69) is 20.8 Å². The molecule has 9 heteroatoms. The number of anilines is 2. The fourth-order valence-electron chi connectivity index (χ4n) is 3.13. The van der Waals surface area contributed by atoms with Crippen LogP contribution in [0.2, 0.25) is 0 Å². The van der Waals surface area contributed by atoms with Crippen molar-refractivity contribution in [3.8, 4) is 28.9 Å². The van der Waals surface area contributed by atoms with E-state index in [1.807, 2.05) is 35.2 Å². The molecule has 4 aromatic rings. The average Bonchev–Trinajstić information content (AvgIpc) is 3.36. The number of ether oxygens (including phenoxy) is 3. The van der Waals surface area contributed by atoms with E-state index in [9.17, 15) is 4.79 Å². The second-order valence-corrected chi connectivity index (χ2v) is 6.88. The van der Waals surface area contributed by atoms with Gasteiger partial charge in [0.05, 0.1) is 0 Å². The predicted molar refractivity (Wildman–Crippen MR) is 118 cm³/mol. The van der Waals surface area contributed by atoms with Crippen LogP contribution in [0, 0.1) is 0 Å². The molecule has 2 aromatic heterocycles. The van der Waals surface area contributed by atoms with E-state index in [1.165, 1.54) is 0 Å². The minimum Gasteiger partial charge on any atom is -0.486 e. The molecule has 5 rings (SSSR count). The molecular formula is C23H19N5O4. The molecule has 3 heterocycles. The first kappa shape index (κ1) is 19.4. The summed E-state index contributed by atoms with van der Waals surface area (Å²) >= 11 is 0. The van der Waals surface area contributed by atoms with Crippen LogP contribution in [0.15, 0.2) is 79.1 Å². The normalized spacial score (nSPS) is 12.1. The zero-order chi connectivity index (χ0) is 21.8. The molecule has 160 valence electrons. The van der Waals surface area contributed by atoms with Gasteiger partial charge in [0.25, 0.3) is 0 Å². The standard InChI is InChI=1S/C23H19N5O4/c29-23(25-17-5-8-19-20(15-17)31-14-13-30-19)24-16-3-6-18(7-4-16)32-22-10-9-21(26-27-22)28-11-1-2-12-28/h1-12,15H,13-14H2,(H2,24,25,29). The molecule has 2 aromatic carbocycles. The Morgan fingerprint density at radius 3 is 2.31 bits per heavy atom. The van der Waals surface area contributed by atoms with Crippen LogP contribution in [0.5, 0.6) is 23.1 Å². The zero-order valence-corrected chi connectivity index (χ0v) is 16.9. The summed E-state index contributed by atoms with van der Waals surface area (Å²) in [5.74, 6) is 2.93. The Morgan fingerprint density at radius 1 is 0.844 bits per heavy atom. The highest BCUT2D eigenvalue weighted by atomic mass is 16.6. The van der Waals surface area contributed by atoms with Crippen LogP contribution >= 0.6 is 0 Å². The first-order valence-corrected chi connectivity index (χ1v) is 9.96. The fraction of sp³-hybridized carbons (Fsp3) is 0.0870. The average molecular weight is 429 g/mol. The zero-order valence-electron chi connectivity index (χ0n) is 16.9. The number of nitrogens with zero attached hydrogens (tertiary/aromatic N) is 3. The van der Waals surface area contributed by atoms with Crippen molar-refractivity contribution in [2.45, 2.75) is 0 Å². The van der Waals surface area contributed by atoms with Crippen molar-refractivity contribution in [1.82, 2.24) is 14.8 Å². The van der Waals surface area contributed by atoms with Crippen LogP contribution in [0.25, 0.3) is 5.82 Å². The summed E-state index contributed by atoms with van der Waals surface area (Å²) in [6, 6.07) is 19.2. The minimum absolute atomic E-state index is 0.373. The monoisotopic (exact) mass is 429 g/mol. The number of fused-ring (bicyclic) bond motifs is 1. The van der Waals surface area contributed by atoms with E-state index in [1.54, 1.807) is 48.5 Å². The van der Waals surface area contributed by atoms with Gasteiger partial charge in [0, 0.05) is 35.9 Å². The number of rotatable bonds is 5. The van der Waals surface area contributed by atoms with E-state index in [0.717, 1.165) is 0 Å². The molecule has 2 N–H and O–H groups in total. The van der Waals surface area contributed by atoms with Gasteiger partial charge in [-0.3, -0.25) is 0 Å². The maximum absolute atomic E-state index is 12.3. The number of aromatic nitrogens is 3. The van der Waals surface area contributed by atoms with Gasteiger partial charge in [-0.25, -0.2) is 4.79 Å². The van der Waals surface area contributed by atoms with Gasteiger partial charge >= 0.3 is 6.03 Å². The summed E-state index contributed by atoms with van der Waals surface area (Å²) in [5, 5.41) is 13.8. The van der Waals surface area contributed by atoms with E-state index in [4.69, 9.17) is 14.2 Å². The summed E-state index contributed by atoms with van der Waals surface area (Å²) in [5.41, 5.74) is 1.22. The molecule has 0 bridgehead atoms. The first-order chi connectivity index (χ1) is 15.7. The predicted octanol–water partition coefficient (Wildman–Crippen LogP) is 4.47. The van der Waals surface area contributed by atoms with Crippen molar-refractivity contribution in [3.05, 3.63) is 79.1 Å². The molecule has 0 unspecified atom stereocenters. The molecule has 9 nitrogen and oxygen atoms in total. The summed E-state index contributed by atoms with van der Waals surface area (Å²) in [4.78, 5) is 12.3. The van der Waals surface area contributed by atoms with Gasteiger partial charge in [0.1, 0.15) is 19.0 Å². The molecule has 0 saturated heterocycles. The molecular weight excluding hydrogens is 410 g/mol. The second-order valence-electron chi connectivity index (χ2n) is 6.88. The van der Waals surface area contributed by atoms with E-state index in [-0.39, 0.29) is 6.03 Å². The third kappa shape index (κ3) is 4.46. The highest BCUT2D eigenvalue weighted by molar-refractivity contribution is 5.99. The smallest absolute Gasteiger partial charge is 0.323 e. The van der Waals surface area contributed by atoms with Crippen LogP contribution in [-0.4, -0.2) is 34.0 Å². The Bertz CT molecular complexity index is 1210. The summed E-state index contributed by atoms with van der Waals surface area (Å²) in [6.45, 7) is 1.01. The first-order valence-electron chi connectivity index (χ1n) is 9.96. The van der Waals surface area contributed by atoms with Crippen LogP contribution < -0.4 is 24.8 Å². The number of benzene rings is 2. The maximum atomic E-state index is 12.3. The molecule has 0 atom stereocenters. The molecule has 0 saturated carbocycles. The van der Waals surface area contributed by atoms with Crippen molar-refractivity contribution in [1.29, 1.82) is 0 Å². The highest BCUT2D eigenvalue weighted by Crippen LogP contribution is 2.32. The third-order valence-corrected chi connectivity index (χ3v) is 4.63. The van der Waals surface area contributed by atoms with Crippen LogP contribution in [0.4, 0.5) is 16.2 Å². The molecule has 0 aliphatic carbocycles. The topological polar surface area (TPSA) is 99.5 Å². The van der Waals surface area contributed by atoms with E-state index >= 15 is 0 Å². The SMILES string of the molecule is O=C(Nc1ccc(Oc2ccc(-n3cccc3)nn2)cc1)Nc1ccc2c(c1)OCCO2. The Hall–Kier alpha value is -4.53. The van der Waals surface area contributed by atoms with Gasteiger partial charge < -0.3 is 29.4 Å². The lowest BCUT2D eigenvalue weighted by Gasteiger charge is -2.19. The molecule has 1 aliphatic heterocycles. The Labute approximate surface area is 183 Å². The van der Waals surface area contributed by atoms with E-state index < -0.39 is 0 Å². The Morgan fingerprint density at radius 2 is 1.56 bits per heavy atom. The molecule has 0 spiro atoms. The molecule has 32 heavy (non-hydrogen) atoms. The molecule has 0 radical (unpaired) electrons. The number of hydrogen-bond acceptors (Lipinski definition) is 6. The van der Waals surface area contributed by atoms with Gasteiger partial charge in [0.15, 0.2) is 17.3 Å². The van der Waals surface area contributed by atoms with Gasteiger partial charge in [-0.15, -0.1) is 10.2 Å². The lowest BCUT2D eigenvalue weighted by molar-refractivity contribution is 0.171. The molecule has 2 amide bonds. The number of urea groups is 1. The molecule has 1 aliphatic rings. The van der Waals surface area contributed by atoms with Crippen molar-refractivity contribution >= 4 is 17.4 Å². The highest BCUT2D eigenvalue weighted by Gasteiger charge is 2.13.